The summed E-state index contributed by atoms with van der Waals surface area (Å²) in [6, 6.07) is 4.05. The lowest BCUT2D eigenvalue weighted by atomic mass is 10.3. The number of nitrogens with zero attached hydrogens (tertiary/aromatic N) is 5. The number of hydrogen-bond acceptors (Lipinski definition) is 6. The molecule has 1 fully saturated rings. The van der Waals surface area contributed by atoms with E-state index in [0.717, 1.165) is 16.9 Å². The van der Waals surface area contributed by atoms with Gasteiger partial charge in [-0.05, 0) is 24.6 Å². The van der Waals surface area contributed by atoms with Crippen LogP contribution >= 0.6 is 0 Å². The Bertz CT molecular complexity index is 890. The number of halogens is 1. The lowest BCUT2D eigenvalue weighted by molar-refractivity contribution is 0.122. The van der Waals surface area contributed by atoms with Crippen LogP contribution in [0.4, 0.5) is 16.2 Å². The van der Waals surface area contributed by atoms with Crippen LogP contribution in [0.3, 0.4) is 0 Å². The summed E-state index contributed by atoms with van der Waals surface area (Å²) in [5.41, 5.74) is 2.92. The van der Waals surface area contributed by atoms with Crippen LogP contribution in [0.25, 0.3) is 5.65 Å². The van der Waals surface area contributed by atoms with Crippen LogP contribution < -0.4 is 10.2 Å². The van der Waals surface area contributed by atoms with Gasteiger partial charge < -0.3 is 19.4 Å². The number of nitrogens with one attached hydrogen (secondary N) is 1. The number of ether oxygens (including phenoxy) is 1. The van der Waals surface area contributed by atoms with E-state index in [-0.39, 0.29) is 0 Å². The highest BCUT2D eigenvalue weighted by Gasteiger charge is 2.17. The lowest BCUT2D eigenvalue weighted by Gasteiger charge is -2.28. The first-order valence-corrected chi connectivity index (χ1v) is 8.22. The third-order valence-electron chi connectivity index (χ3n) is 4.13. The van der Waals surface area contributed by atoms with Crippen LogP contribution in [-0.2, 0) is 11.3 Å². The molecule has 0 unspecified atom stereocenters. The zero-order valence-corrected chi connectivity index (χ0v) is 13.9. The number of fused-ring (bicyclic) bond motifs is 1. The van der Waals surface area contributed by atoms with Gasteiger partial charge in [0.25, 0.3) is 0 Å². The molecule has 0 atom stereocenters. The number of pyridine rings is 1. The van der Waals surface area contributed by atoms with Crippen LogP contribution in [-0.4, -0.2) is 45.7 Å². The van der Waals surface area contributed by atoms with Crippen molar-refractivity contribution in [1.29, 1.82) is 0 Å². The van der Waals surface area contributed by atoms with Gasteiger partial charge in [0.2, 0.25) is 5.95 Å². The molecule has 1 aliphatic rings. The average molecular weight is 342 g/mol. The van der Waals surface area contributed by atoms with Crippen molar-refractivity contribution in [2.75, 3.05) is 36.5 Å². The maximum Gasteiger partial charge on any atom is 0.225 e. The second kappa shape index (κ2) is 6.64. The van der Waals surface area contributed by atoms with Crippen molar-refractivity contribution < 1.29 is 9.13 Å². The highest BCUT2D eigenvalue weighted by molar-refractivity contribution is 5.45. The van der Waals surface area contributed by atoms with E-state index in [1.807, 2.05) is 40.8 Å². The highest BCUT2D eigenvalue weighted by Crippen LogP contribution is 2.19. The predicted molar refractivity (Wildman–Crippen MR) is 92.3 cm³/mol. The van der Waals surface area contributed by atoms with Crippen LogP contribution in [0.15, 0.2) is 30.7 Å². The van der Waals surface area contributed by atoms with Crippen molar-refractivity contribution in [2.24, 2.45) is 0 Å². The van der Waals surface area contributed by atoms with E-state index in [1.165, 1.54) is 6.20 Å². The minimum absolute atomic E-state index is 0.312. The molecule has 0 spiro atoms. The molecule has 1 aliphatic heterocycles. The van der Waals surface area contributed by atoms with Gasteiger partial charge in [-0.3, -0.25) is 0 Å². The van der Waals surface area contributed by atoms with E-state index in [1.54, 1.807) is 0 Å². The van der Waals surface area contributed by atoms with Crippen molar-refractivity contribution in [1.82, 2.24) is 19.4 Å². The fourth-order valence-electron chi connectivity index (χ4n) is 2.83. The molecule has 0 aliphatic carbocycles. The first kappa shape index (κ1) is 15.8. The standard InChI is InChI=1S/C17H19FN6O/c1-12-2-3-24-11-13(21-15(24)8-12)9-19-17-20-10-14(18)16(22-17)23-4-6-25-7-5-23/h2-3,8,10-11H,4-7,9H2,1H3,(H,19,20,22). The minimum Gasteiger partial charge on any atom is -0.378 e. The van der Waals surface area contributed by atoms with Gasteiger partial charge in [-0.25, -0.2) is 14.4 Å². The first-order chi connectivity index (χ1) is 12.2. The van der Waals surface area contributed by atoms with Gasteiger partial charge >= 0.3 is 0 Å². The number of aromatic nitrogens is 4. The smallest absolute Gasteiger partial charge is 0.225 e. The summed E-state index contributed by atoms with van der Waals surface area (Å²) in [5, 5.41) is 3.12. The summed E-state index contributed by atoms with van der Waals surface area (Å²) in [7, 11) is 0. The van der Waals surface area contributed by atoms with Crippen molar-refractivity contribution in [3.05, 3.63) is 47.8 Å². The Kier molecular flexibility index (Phi) is 4.19. The number of morpholine rings is 1. The second-order valence-electron chi connectivity index (χ2n) is 6.02. The summed E-state index contributed by atoms with van der Waals surface area (Å²) in [6.07, 6.45) is 5.13. The quantitative estimate of drug-likeness (QED) is 0.782. The van der Waals surface area contributed by atoms with Gasteiger partial charge in [-0.2, -0.15) is 4.98 Å². The number of aryl methyl sites for hydroxylation is 1. The third-order valence-corrected chi connectivity index (χ3v) is 4.13. The van der Waals surface area contributed by atoms with E-state index in [2.05, 4.69) is 20.3 Å². The summed E-state index contributed by atoms with van der Waals surface area (Å²) in [6.45, 7) is 4.90. The average Bonchev–Trinajstić information content (AvgIpc) is 3.04. The van der Waals surface area contributed by atoms with Gasteiger partial charge in [-0.15, -0.1) is 0 Å². The molecule has 7 nitrogen and oxygen atoms in total. The molecule has 0 bridgehead atoms. The molecule has 1 N–H and O–H groups in total. The molecule has 3 aromatic rings. The molecule has 0 amide bonds. The van der Waals surface area contributed by atoms with E-state index in [9.17, 15) is 4.39 Å². The van der Waals surface area contributed by atoms with Gasteiger partial charge in [-0.1, -0.05) is 0 Å². The molecule has 0 saturated carbocycles. The van der Waals surface area contributed by atoms with Crippen LogP contribution in [0.5, 0.6) is 0 Å². The van der Waals surface area contributed by atoms with Gasteiger partial charge in [0, 0.05) is 25.5 Å². The molecule has 25 heavy (non-hydrogen) atoms. The molecule has 3 aromatic heterocycles. The molecule has 1 saturated heterocycles. The second-order valence-corrected chi connectivity index (χ2v) is 6.02. The van der Waals surface area contributed by atoms with Gasteiger partial charge in [0.15, 0.2) is 11.6 Å². The number of hydrogen-bond donors (Lipinski definition) is 1. The van der Waals surface area contributed by atoms with E-state index in [0.29, 0.717) is 44.6 Å². The Balaban J connectivity index is 1.50. The highest BCUT2D eigenvalue weighted by atomic mass is 19.1. The fourth-order valence-corrected chi connectivity index (χ4v) is 2.83. The minimum atomic E-state index is -0.421. The summed E-state index contributed by atoms with van der Waals surface area (Å²) in [5.74, 6) is 0.276. The zero-order chi connectivity index (χ0) is 17.2. The Morgan fingerprint density at radius 2 is 2.12 bits per heavy atom. The third kappa shape index (κ3) is 3.39. The Hall–Kier alpha value is -2.74. The Morgan fingerprint density at radius 1 is 1.28 bits per heavy atom. The summed E-state index contributed by atoms with van der Waals surface area (Å²) < 4.78 is 21.3. The van der Waals surface area contributed by atoms with Crippen molar-refractivity contribution >= 4 is 17.4 Å². The molecule has 4 heterocycles. The topological polar surface area (TPSA) is 67.6 Å². The number of imidazole rings is 1. The number of anilines is 2. The largest absolute Gasteiger partial charge is 0.378 e. The maximum absolute atomic E-state index is 14.0. The van der Waals surface area contributed by atoms with Crippen molar-refractivity contribution in [3.63, 3.8) is 0 Å². The number of rotatable bonds is 4. The lowest BCUT2D eigenvalue weighted by Crippen LogP contribution is -2.37. The normalized spacial score (nSPS) is 14.9. The van der Waals surface area contributed by atoms with E-state index >= 15 is 0 Å². The Labute approximate surface area is 144 Å². The summed E-state index contributed by atoms with van der Waals surface area (Å²) >= 11 is 0. The first-order valence-electron chi connectivity index (χ1n) is 8.22. The van der Waals surface area contributed by atoms with Crippen LogP contribution in [0.2, 0.25) is 0 Å². The molecular formula is C17H19FN6O. The zero-order valence-electron chi connectivity index (χ0n) is 13.9. The monoisotopic (exact) mass is 342 g/mol. The molecule has 8 heteroatoms. The maximum atomic E-state index is 14.0. The molecule has 130 valence electrons. The van der Waals surface area contributed by atoms with Crippen molar-refractivity contribution in [3.8, 4) is 0 Å². The molecular weight excluding hydrogens is 323 g/mol. The Morgan fingerprint density at radius 3 is 2.96 bits per heavy atom. The van der Waals surface area contributed by atoms with Crippen molar-refractivity contribution in [2.45, 2.75) is 13.5 Å². The molecule has 0 aromatic carbocycles. The van der Waals surface area contributed by atoms with Crippen LogP contribution in [0, 0.1) is 12.7 Å². The molecule has 0 radical (unpaired) electrons. The predicted octanol–water partition coefficient (Wildman–Crippen LogP) is 2.02. The molecule has 4 rings (SSSR count). The SMILES string of the molecule is Cc1ccn2cc(CNc3ncc(F)c(N4CCOCC4)n3)nc2c1. The van der Waals surface area contributed by atoms with Gasteiger partial charge in [0.1, 0.15) is 5.65 Å². The van der Waals surface area contributed by atoms with E-state index < -0.39 is 5.82 Å². The van der Waals surface area contributed by atoms with Crippen LogP contribution in [0.1, 0.15) is 11.3 Å². The summed E-state index contributed by atoms with van der Waals surface area (Å²) in [4.78, 5) is 14.8. The van der Waals surface area contributed by atoms with Gasteiger partial charge in [0.05, 0.1) is 31.6 Å². The fraction of sp³-hybridized carbons (Fsp3) is 0.353. The van der Waals surface area contributed by atoms with E-state index in [4.69, 9.17) is 4.74 Å².